The number of rotatable bonds is 4. The summed E-state index contributed by atoms with van der Waals surface area (Å²) in [5.41, 5.74) is 9.53. The lowest BCUT2D eigenvalue weighted by molar-refractivity contribution is 0.589. The molecule has 2 rings (SSSR count). The summed E-state index contributed by atoms with van der Waals surface area (Å²) in [7, 11) is 0. The Bertz CT molecular complexity index is 615. The lowest BCUT2D eigenvalue weighted by atomic mass is 9.90. The van der Waals surface area contributed by atoms with Crippen molar-refractivity contribution in [1.29, 1.82) is 0 Å². The molecule has 1 nitrogen and oxygen atoms in total. The summed E-state index contributed by atoms with van der Waals surface area (Å²) >= 11 is 0. The first-order chi connectivity index (χ1) is 9.88. The number of nitrogens with one attached hydrogen (secondary N) is 1. The molecule has 0 heterocycles. The predicted molar refractivity (Wildman–Crippen MR) is 92.8 cm³/mol. The van der Waals surface area contributed by atoms with Gasteiger partial charge in [-0.2, -0.15) is 0 Å². The Kier molecular flexibility index (Phi) is 4.84. The minimum Gasteiger partial charge on any atom is -0.310 e. The summed E-state index contributed by atoms with van der Waals surface area (Å²) in [6.07, 6.45) is 0. The first-order valence-corrected chi connectivity index (χ1v) is 7.79. The van der Waals surface area contributed by atoms with Gasteiger partial charge in [0.2, 0.25) is 0 Å². The van der Waals surface area contributed by atoms with E-state index in [1.165, 1.54) is 38.9 Å². The molecule has 0 spiro atoms. The average Bonchev–Trinajstić information content (AvgIpc) is 2.36. The highest BCUT2D eigenvalue weighted by Gasteiger charge is 2.11. The van der Waals surface area contributed by atoms with Crippen LogP contribution in [0.1, 0.15) is 41.7 Å². The van der Waals surface area contributed by atoms with E-state index in [9.17, 15) is 0 Å². The van der Waals surface area contributed by atoms with Gasteiger partial charge in [0.1, 0.15) is 0 Å². The van der Waals surface area contributed by atoms with E-state index in [4.69, 9.17) is 0 Å². The van der Waals surface area contributed by atoms with Gasteiger partial charge in [-0.15, -0.1) is 0 Å². The summed E-state index contributed by atoms with van der Waals surface area (Å²) in [4.78, 5) is 0. The normalized spacial score (nSPS) is 11.2. The van der Waals surface area contributed by atoms with E-state index in [0.717, 1.165) is 6.54 Å². The van der Waals surface area contributed by atoms with Gasteiger partial charge in [0, 0.05) is 12.6 Å². The molecule has 1 N–H and O–H groups in total. The molecule has 0 unspecified atom stereocenters. The van der Waals surface area contributed by atoms with Gasteiger partial charge < -0.3 is 5.32 Å². The van der Waals surface area contributed by atoms with Gasteiger partial charge in [-0.25, -0.2) is 0 Å². The van der Waals surface area contributed by atoms with Gasteiger partial charge in [0.15, 0.2) is 0 Å². The Morgan fingerprint density at radius 1 is 0.857 bits per heavy atom. The third kappa shape index (κ3) is 3.74. The third-order valence-electron chi connectivity index (χ3n) is 3.91. The van der Waals surface area contributed by atoms with Crippen LogP contribution in [0.4, 0.5) is 0 Å². The van der Waals surface area contributed by atoms with Crippen LogP contribution in [0.25, 0.3) is 11.1 Å². The van der Waals surface area contributed by atoms with Crippen LogP contribution >= 0.6 is 0 Å². The second-order valence-corrected chi connectivity index (χ2v) is 6.47. The van der Waals surface area contributed by atoms with Crippen LogP contribution in [-0.4, -0.2) is 6.04 Å². The van der Waals surface area contributed by atoms with Gasteiger partial charge in [0.25, 0.3) is 0 Å². The molecule has 0 amide bonds. The van der Waals surface area contributed by atoms with Crippen molar-refractivity contribution in [2.75, 3.05) is 0 Å². The van der Waals surface area contributed by atoms with Crippen molar-refractivity contribution in [3.63, 3.8) is 0 Å². The van der Waals surface area contributed by atoms with Gasteiger partial charge in [-0.05, 0) is 55.5 Å². The molecule has 0 atom stereocenters. The Hall–Kier alpha value is -1.60. The van der Waals surface area contributed by atoms with Crippen LogP contribution in [0.5, 0.6) is 0 Å². The molecule has 0 aromatic heterocycles. The van der Waals surface area contributed by atoms with Crippen LogP contribution in [0.15, 0.2) is 30.3 Å². The molecular formula is C20H27N. The average molecular weight is 281 g/mol. The monoisotopic (exact) mass is 281 g/mol. The summed E-state index contributed by atoms with van der Waals surface area (Å²) in [5.74, 6) is 0. The van der Waals surface area contributed by atoms with Crippen molar-refractivity contribution in [3.05, 3.63) is 58.1 Å². The predicted octanol–water partition coefficient (Wildman–Crippen LogP) is 5.09. The van der Waals surface area contributed by atoms with Crippen molar-refractivity contribution < 1.29 is 0 Å². The van der Waals surface area contributed by atoms with E-state index in [2.05, 4.69) is 77.2 Å². The molecule has 0 aliphatic carbocycles. The van der Waals surface area contributed by atoms with E-state index in [1.807, 2.05) is 0 Å². The van der Waals surface area contributed by atoms with Crippen molar-refractivity contribution >= 4 is 0 Å². The first-order valence-electron chi connectivity index (χ1n) is 7.79. The molecule has 21 heavy (non-hydrogen) atoms. The maximum absolute atomic E-state index is 3.54. The maximum Gasteiger partial charge on any atom is 0.0214 e. The fourth-order valence-corrected chi connectivity index (χ4v) is 3.00. The summed E-state index contributed by atoms with van der Waals surface area (Å²) in [5, 5.41) is 3.54. The molecule has 0 aliphatic rings. The van der Waals surface area contributed by atoms with Crippen LogP contribution in [0.3, 0.4) is 0 Å². The molecule has 1 heteroatoms. The van der Waals surface area contributed by atoms with Gasteiger partial charge in [0.05, 0.1) is 0 Å². The zero-order valence-corrected chi connectivity index (χ0v) is 14.2. The highest BCUT2D eigenvalue weighted by molar-refractivity contribution is 5.74. The SMILES string of the molecule is Cc1cc(C)c(-c2cc(C)ccc2CNC(C)C)c(C)c1. The van der Waals surface area contributed by atoms with E-state index in [-0.39, 0.29) is 0 Å². The van der Waals surface area contributed by atoms with Crippen molar-refractivity contribution in [2.45, 2.75) is 54.1 Å². The largest absolute Gasteiger partial charge is 0.310 e. The summed E-state index contributed by atoms with van der Waals surface area (Å²) < 4.78 is 0. The third-order valence-corrected chi connectivity index (χ3v) is 3.91. The highest BCUT2D eigenvalue weighted by atomic mass is 14.9. The molecule has 112 valence electrons. The standard InChI is InChI=1S/C20H27N/c1-13(2)21-12-18-8-7-14(3)11-19(18)20-16(5)9-15(4)10-17(20)6/h7-11,13,21H,12H2,1-6H3. The second-order valence-electron chi connectivity index (χ2n) is 6.47. The number of hydrogen-bond donors (Lipinski definition) is 1. The molecule has 0 radical (unpaired) electrons. The molecule has 0 saturated carbocycles. The van der Waals surface area contributed by atoms with Crippen LogP contribution < -0.4 is 5.32 Å². The molecule has 0 aliphatic heterocycles. The number of benzene rings is 2. The van der Waals surface area contributed by atoms with Gasteiger partial charge in [-0.1, -0.05) is 55.3 Å². The second kappa shape index (κ2) is 6.44. The maximum atomic E-state index is 3.54. The quantitative estimate of drug-likeness (QED) is 0.823. The Balaban J connectivity index is 2.54. The Labute approximate surface area is 129 Å². The summed E-state index contributed by atoms with van der Waals surface area (Å²) in [6.45, 7) is 14.1. The van der Waals surface area contributed by atoms with E-state index in [1.54, 1.807) is 0 Å². The summed E-state index contributed by atoms with van der Waals surface area (Å²) in [6, 6.07) is 11.9. The van der Waals surface area contributed by atoms with Gasteiger partial charge >= 0.3 is 0 Å². The first kappa shape index (κ1) is 15.8. The van der Waals surface area contributed by atoms with Gasteiger partial charge in [-0.3, -0.25) is 0 Å². The zero-order valence-electron chi connectivity index (χ0n) is 14.2. The topological polar surface area (TPSA) is 12.0 Å². The van der Waals surface area contributed by atoms with Crippen LogP contribution in [0, 0.1) is 27.7 Å². The number of aryl methyl sites for hydroxylation is 4. The Morgan fingerprint density at radius 2 is 1.48 bits per heavy atom. The van der Waals surface area contributed by atoms with Crippen LogP contribution in [0.2, 0.25) is 0 Å². The van der Waals surface area contributed by atoms with E-state index in [0.29, 0.717) is 6.04 Å². The lowest BCUT2D eigenvalue weighted by Crippen LogP contribution is -2.22. The lowest BCUT2D eigenvalue weighted by Gasteiger charge is -2.18. The molecule has 0 saturated heterocycles. The highest BCUT2D eigenvalue weighted by Crippen LogP contribution is 2.32. The fourth-order valence-electron chi connectivity index (χ4n) is 3.00. The molecule has 0 bridgehead atoms. The molecule has 2 aromatic rings. The Morgan fingerprint density at radius 3 is 2.05 bits per heavy atom. The van der Waals surface area contributed by atoms with Crippen molar-refractivity contribution in [2.24, 2.45) is 0 Å². The van der Waals surface area contributed by atoms with Crippen LogP contribution in [-0.2, 0) is 6.54 Å². The minimum atomic E-state index is 0.499. The molecule has 0 fully saturated rings. The smallest absolute Gasteiger partial charge is 0.0214 e. The number of hydrogen-bond acceptors (Lipinski definition) is 1. The fraction of sp³-hybridized carbons (Fsp3) is 0.400. The van der Waals surface area contributed by atoms with Crippen molar-refractivity contribution in [3.8, 4) is 11.1 Å². The van der Waals surface area contributed by atoms with Crippen molar-refractivity contribution in [1.82, 2.24) is 5.32 Å². The zero-order chi connectivity index (χ0) is 15.6. The van der Waals surface area contributed by atoms with E-state index < -0.39 is 0 Å². The van der Waals surface area contributed by atoms with E-state index >= 15 is 0 Å². The minimum absolute atomic E-state index is 0.499. The molecular weight excluding hydrogens is 254 g/mol. The molecule has 2 aromatic carbocycles.